The van der Waals surface area contributed by atoms with Crippen molar-refractivity contribution >= 4 is 38.8 Å². The Hall–Kier alpha value is -2.60. The topological polar surface area (TPSA) is 88.2 Å². The number of hydrogen-bond acceptors (Lipinski definition) is 5. The van der Waals surface area contributed by atoms with Crippen LogP contribution >= 0.6 is 11.3 Å². The quantitative estimate of drug-likeness (QED) is 0.421. The molecule has 1 aliphatic carbocycles. The number of phenols is 1. The molecule has 3 aromatic rings. The SMILES string of the molecule is CC(C)(C)C1CCc2nc3sc(C(=O)Nc4ccc(O)cc4N)cc3cc2C1. The first kappa shape index (κ1) is 18.7. The molecule has 1 unspecified atom stereocenters. The molecular formula is C22H25N3O2S. The van der Waals surface area contributed by atoms with E-state index >= 15 is 0 Å². The maximum Gasteiger partial charge on any atom is 0.265 e. The molecule has 4 N–H and O–H groups in total. The van der Waals surface area contributed by atoms with Crippen LogP contribution in [0, 0.1) is 11.3 Å². The van der Waals surface area contributed by atoms with Crippen molar-refractivity contribution in [2.24, 2.45) is 11.3 Å². The number of carbonyl (C=O) groups is 1. The average molecular weight is 396 g/mol. The molecule has 0 saturated carbocycles. The molecule has 2 heterocycles. The lowest BCUT2D eigenvalue weighted by atomic mass is 9.71. The van der Waals surface area contributed by atoms with Crippen LogP contribution in [0.4, 0.5) is 11.4 Å². The number of pyridine rings is 1. The summed E-state index contributed by atoms with van der Waals surface area (Å²) in [5, 5.41) is 13.3. The highest BCUT2D eigenvalue weighted by atomic mass is 32.1. The van der Waals surface area contributed by atoms with Crippen molar-refractivity contribution in [3.05, 3.63) is 46.5 Å². The van der Waals surface area contributed by atoms with Crippen LogP contribution in [0.25, 0.3) is 10.2 Å². The Labute approximate surface area is 168 Å². The van der Waals surface area contributed by atoms with Crippen LogP contribution in [-0.4, -0.2) is 16.0 Å². The van der Waals surface area contributed by atoms with E-state index in [9.17, 15) is 9.90 Å². The molecule has 5 nitrogen and oxygen atoms in total. The van der Waals surface area contributed by atoms with E-state index in [1.165, 1.54) is 34.7 Å². The van der Waals surface area contributed by atoms with Crippen molar-refractivity contribution in [1.29, 1.82) is 0 Å². The number of rotatable bonds is 2. The first-order valence-electron chi connectivity index (χ1n) is 9.53. The molecule has 28 heavy (non-hydrogen) atoms. The van der Waals surface area contributed by atoms with Crippen molar-refractivity contribution in [3.8, 4) is 5.75 Å². The van der Waals surface area contributed by atoms with Gasteiger partial charge >= 0.3 is 0 Å². The lowest BCUT2D eigenvalue weighted by Gasteiger charge is -2.34. The van der Waals surface area contributed by atoms with Crippen LogP contribution in [0.15, 0.2) is 30.3 Å². The maximum absolute atomic E-state index is 12.7. The van der Waals surface area contributed by atoms with E-state index in [0.29, 0.717) is 22.2 Å². The van der Waals surface area contributed by atoms with E-state index in [-0.39, 0.29) is 17.1 Å². The van der Waals surface area contributed by atoms with E-state index in [1.54, 1.807) is 6.07 Å². The number of benzene rings is 1. The van der Waals surface area contributed by atoms with Gasteiger partial charge in [0.25, 0.3) is 5.91 Å². The van der Waals surface area contributed by atoms with Crippen LogP contribution in [0.2, 0.25) is 0 Å². The first-order valence-corrected chi connectivity index (χ1v) is 10.3. The zero-order valence-electron chi connectivity index (χ0n) is 16.4. The Morgan fingerprint density at radius 2 is 2.07 bits per heavy atom. The second-order valence-electron chi connectivity index (χ2n) is 8.63. The summed E-state index contributed by atoms with van der Waals surface area (Å²) < 4.78 is 0. The molecule has 2 aromatic heterocycles. The Morgan fingerprint density at radius 1 is 1.29 bits per heavy atom. The highest BCUT2D eigenvalue weighted by molar-refractivity contribution is 7.20. The standard InChI is InChI=1S/C22H25N3O2S/c1-22(2,3)14-4-6-17-12(9-14)8-13-10-19(28-21(13)25-17)20(27)24-18-7-5-15(26)11-16(18)23/h5,7-8,10-11,14,26H,4,6,9,23H2,1-3H3,(H,24,27). The third kappa shape index (κ3) is 3.56. The number of aryl methyl sites for hydroxylation is 1. The molecule has 0 fully saturated rings. The second-order valence-corrected chi connectivity index (χ2v) is 9.66. The van der Waals surface area contributed by atoms with Gasteiger partial charge in [0.05, 0.1) is 16.3 Å². The van der Waals surface area contributed by atoms with Crippen molar-refractivity contribution in [2.45, 2.75) is 40.0 Å². The minimum atomic E-state index is -0.217. The lowest BCUT2D eigenvalue weighted by molar-refractivity contribution is 0.103. The van der Waals surface area contributed by atoms with E-state index in [2.05, 4.69) is 32.2 Å². The lowest BCUT2D eigenvalue weighted by Crippen LogP contribution is -2.27. The molecule has 0 radical (unpaired) electrons. The number of nitrogens with zero attached hydrogens (tertiary/aromatic N) is 1. The minimum Gasteiger partial charge on any atom is -0.508 e. The summed E-state index contributed by atoms with van der Waals surface area (Å²) in [6, 6.07) is 8.62. The van der Waals surface area contributed by atoms with Gasteiger partial charge in [0, 0.05) is 17.1 Å². The van der Waals surface area contributed by atoms with Gasteiger partial charge in [-0.2, -0.15) is 0 Å². The number of nitrogens with one attached hydrogen (secondary N) is 1. The van der Waals surface area contributed by atoms with Gasteiger partial charge < -0.3 is 16.2 Å². The molecule has 0 aliphatic heterocycles. The number of fused-ring (bicyclic) bond motifs is 2. The van der Waals surface area contributed by atoms with Crippen molar-refractivity contribution in [2.75, 3.05) is 11.1 Å². The van der Waals surface area contributed by atoms with Crippen LogP contribution < -0.4 is 11.1 Å². The second kappa shape index (κ2) is 6.78. The van der Waals surface area contributed by atoms with Crippen molar-refractivity contribution in [1.82, 2.24) is 4.98 Å². The molecule has 1 amide bonds. The van der Waals surface area contributed by atoms with Crippen molar-refractivity contribution in [3.63, 3.8) is 0 Å². The summed E-state index contributed by atoms with van der Waals surface area (Å²) in [4.78, 5) is 19.0. The first-order chi connectivity index (χ1) is 13.2. The van der Waals surface area contributed by atoms with Gasteiger partial charge in [0.15, 0.2) is 0 Å². The minimum absolute atomic E-state index is 0.0701. The number of amides is 1. The van der Waals surface area contributed by atoms with Gasteiger partial charge in [-0.1, -0.05) is 20.8 Å². The van der Waals surface area contributed by atoms with E-state index in [4.69, 9.17) is 10.7 Å². The summed E-state index contributed by atoms with van der Waals surface area (Å²) >= 11 is 1.40. The van der Waals surface area contributed by atoms with E-state index in [0.717, 1.165) is 29.5 Å². The third-order valence-corrected chi connectivity index (χ3v) is 6.65. The smallest absolute Gasteiger partial charge is 0.265 e. The summed E-state index contributed by atoms with van der Waals surface area (Å²) in [7, 11) is 0. The zero-order valence-corrected chi connectivity index (χ0v) is 17.2. The number of hydrogen-bond donors (Lipinski definition) is 3. The molecule has 0 saturated heterocycles. The molecule has 146 valence electrons. The Bertz CT molecular complexity index is 1070. The average Bonchev–Trinajstić information content (AvgIpc) is 3.03. The van der Waals surface area contributed by atoms with Crippen LogP contribution in [0.1, 0.15) is 48.1 Å². The predicted molar refractivity (Wildman–Crippen MR) is 115 cm³/mol. The molecule has 4 rings (SSSR count). The number of anilines is 2. The van der Waals surface area contributed by atoms with Gasteiger partial charge in [-0.05, 0) is 60.4 Å². The van der Waals surface area contributed by atoms with E-state index in [1.807, 2.05) is 6.07 Å². The summed E-state index contributed by atoms with van der Waals surface area (Å²) in [6.07, 6.45) is 3.20. The fraction of sp³-hybridized carbons (Fsp3) is 0.364. The monoisotopic (exact) mass is 395 g/mol. The van der Waals surface area contributed by atoms with Gasteiger partial charge in [-0.15, -0.1) is 11.3 Å². The molecule has 1 atom stereocenters. The highest BCUT2D eigenvalue weighted by Crippen LogP contribution is 2.38. The van der Waals surface area contributed by atoms with Crippen LogP contribution in [-0.2, 0) is 12.8 Å². The Morgan fingerprint density at radius 3 is 2.79 bits per heavy atom. The molecule has 6 heteroatoms. The molecule has 1 aliphatic rings. The zero-order chi connectivity index (χ0) is 20.1. The number of aromatic nitrogens is 1. The molecule has 0 spiro atoms. The number of nitrogens with two attached hydrogens (primary N) is 1. The number of thiophene rings is 1. The van der Waals surface area contributed by atoms with Gasteiger partial charge in [0.1, 0.15) is 10.6 Å². The number of nitrogen functional groups attached to an aromatic ring is 1. The van der Waals surface area contributed by atoms with Gasteiger partial charge in [0.2, 0.25) is 0 Å². The van der Waals surface area contributed by atoms with Crippen LogP contribution in [0.3, 0.4) is 0 Å². The molecular weight excluding hydrogens is 370 g/mol. The summed E-state index contributed by atoms with van der Waals surface area (Å²) in [6.45, 7) is 6.91. The summed E-state index contributed by atoms with van der Waals surface area (Å²) in [5.41, 5.74) is 9.46. The maximum atomic E-state index is 12.7. The number of aromatic hydroxyl groups is 1. The Kier molecular flexibility index (Phi) is 4.54. The van der Waals surface area contributed by atoms with Crippen molar-refractivity contribution < 1.29 is 9.90 Å². The van der Waals surface area contributed by atoms with E-state index < -0.39 is 0 Å². The fourth-order valence-electron chi connectivity index (χ4n) is 3.82. The molecule has 0 bridgehead atoms. The summed E-state index contributed by atoms with van der Waals surface area (Å²) in [5.74, 6) is 0.504. The van der Waals surface area contributed by atoms with Gasteiger partial charge in [-0.25, -0.2) is 4.98 Å². The Balaban J connectivity index is 1.61. The number of carbonyl (C=O) groups excluding carboxylic acids is 1. The van der Waals surface area contributed by atoms with Gasteiger partial charge in [-0.3, -0.25) is 4.79 Å². The fourth-order valence-corrected chi connectivity index (χ4v) is 4.75. The van der Waals surface area contributed by atoms with Crippen LogP contribution in [0.5, 0.6) is 5.75 Å². The molecule has 1 aromatic carbocycles. The predicted octanol–water partition coefficient (Wildman–Crippen LogP) is 4.99. The highest BCUT2D eigenvalue weighted by Gasteiger charge is 2.29. The normalized spacial score (nSPS) is 16.8. The number of phenolic OH excluding ortho intramolecular Hbond substituents is 1. The largest absolute Gasteiger partial charge is 0.508 e. The third-order valence-electron chi connectivity index (χ3n) is 5.60.